The van der Waals surface area contributed by atoms with Crippen LogP contribution in [0.1, 0.15) is 10.5 Å². The minimum atomic E-state index is -0.290. The minimum Gasteiger partial charge on any atom is -0.368 e. The maximum atomic E-state index is 11.3. The van der Waals surface area contributed by atoms with Gasteiger partial charge in [-0.1, -0.05) is 11.6 Å². The first-order chi connectivity index (χ1) is 8.11. The SMILES string of the molecule is CNC(=O)c1ccn(-c2nc(N)ncc2Cl)n1. The molecule has 2 aromatic rings. The summed E-state index contributed by atoms with van der Waals surface area (Å²) >= 11 is 5.91. The third-order valence-electron chi connectivity index (χ3n) is 2.01. The van der Waals surface area contributed by atoms with Gasteiger partial charge in [-0.05, 0) is 6.07 Å². The number of aromatic nitrogens is 4. The summed E-state index contributed by atoms with van der Waals surface area (Å²) in [5.41, 5.74) is 5.72. The lowest BCUT2D eigenvalue weighted by Gasteiger charge is -2.02. The largest absolute Gasteiger partial charge is 0.368 e. The molecule has 0 aliphatic rings. The zero-order valence-electron chi connectivity index (χ0n) is 8.88. The molecule has 0 aliphatic heterocycles. The van der Waals surface area contributed by atoms with Gasteiger partial charge in [-0.25, -0.2) is 9.67 Å². The van der Waals surface area contributed by atoms with Gasteiger partial charge in [0, 0.05) is 13.2 Å². The summed E-state index contributed by atoms with van der Waals surface area (Å²) in [6.45, 7) is 0. The van der Waals surface area contributed by atoms with Gasteiger partial charge < -0.3 is 11.1 Å². The molecule has 2 heterocycles. The highest BCUT2D eigenvalue weighted by Gasteiger charge is 2.11. The Morgan fingerprint density at radius 2 is 2.35 bits per heavy atom. The van der Waals surface area contributed by atoms with Crippen LogP contribution in [0.25, 0.3) is 5.82 Å². The van der Waals surface area contributed by atoms with E-state index in [1.165, 1.54) is 17.9 Å². The van der Waals surface area contributed by atoms with Crippen molar-refractivity contribution in [2.24, 2.45) is 0 Å². The molecule has 0 saturated heterocycles. The van der Waals surface area contributed by atoms with Crippen LogP contribution in [0.4, 0.5) is 5.95 Å². The molecular weight excluding hydrogens is 244 g/mol. The number of nitrogens with zero attached hydrogens (tertiary/aromatic N) is 4. The standard InChI is InChI=1S/C9H9ClN6O/c1-12-8(17)6-2-3-16(15-6)7-5(10)4-13-9(11)14-7/h2-4H,1H3,(H,12,17)(H2,11,13,14). The van der Waals surface area contributed by atoms with Crippen LogP contribution in [-0.2, 0) is 0 Å². The lowest BCUT2D eigenvalue weighted by molar-refractivity contribution is 0.0957. The van der Waals surface area contributed by atoms with Crippen molar-refractivity contribution < 1.29 is 4.79 Å². The van der Waals surface area contributed by atoms with Gasteiger partial charge in [-0.3, -0.25) is 4.79 Å². The number of carbonyl (C=O) groups excluding carboxylic acids is 1. The minimum absolute atomic E-state index is 0.0846. The van der Waals surface area contributed by atoms with Gasteiger partial charge >= 0.3 is 0 Å². The summed E-state index contributed by atoms with van der Waals surface area (Å²) in [6.07, 6.45) is 2.94. The van der Waals surface area contributed by atoms with Crippen molar-refractivity contribution in [3.05, 3.63) is 29.2 Å². The number of nitrogens with two attached hydrogens (primary N) is 1. The summed E-state index contributed by atoms with van der Waals surface area (Å²) in [5, 5.41) is 6.79. The summed E-state index contributed by atoms with van der Waals surface area (Å²) in [4.78, 5) is 19.0. The third kappa shape index (κ3) is 2.18. The molecule has 3 N–H and O–H groups in total. The Morgan fingerprint density at radius 1 is 1.59 bits per heavy atom. The van der Waals surface area contributed by atoms with Gasteiger partial charge in [0.2, 0.25) is 5.95 Å². The second kappa shape index (κ2) is 4.38. The Hall–Kier alpha value is -2.15. The highest BCUT2D eigenvalue weighted by Crippen LogP contribution is 2.17. The molecule has 88 valence electrons. The fourth-order valence-electron chi connectivity index (χ4n) is 1.22. The van der Waals surface area contributed by atoms with E-state index in [0.717, 1.165) is 0 Å². The van der Waals surface area contributed by atoms with Crippen LogP contribution in [0.2, 0.25) is 5.02 Å². The fraction of sp³-hybridized carbons (Fsp3) is 0.111. The molecule has 0 aromatic carbocycles. The Bertz CT molecular complexity index is 566. The predicted octanol–water partition coefficient (Wildman–Crippen LogP) is 0.257. The highest BCUT2D eigenvalue weighted by molar-refractivity contribution is 6.32. The van der Waals surface area contributed by atoms with E-state index < -0.39 is 0 Å². The van der Waals surface area contributed by atoms with Crippen molar-refractivity contribution in [2.45, 2.75) is 0 Å². The van der Waals surface area contributed by atoms with Crippen LogP contribution in [0, 0.1) is 0 Å². The Labute approximate surface area is 102 Å². The summed E-state index contributed by atoms with van der Waals surface area (Å²) in [5.74, 6) is 0.123. The molecule has 7 nitrogen and oxygen atoms in total. The van der Waals surface area contributed by atoms with E-state index >= 15 is 0 Å². The molecular formula is C9H9ClN6O. The van der Waals surface area contributed by atoms with Crippen molar-refractivity contribution in [3.8, 4) is 5.82 Å². The van der Waals surface area contributed by atoms with Gasteiger partial charge in [0.15, 0.2) is 11.5 Å². The number of amides is 1. The molecule has 2 rings (SSSR count). The average Bonchev–Trinajstić information content (AvgIpc) is 2.80. The van der Waals surface area contributed by atoms with E-state index in [-0.39, 0.29) is 17.5 Å². The molecule has 17 heavy (non-hydrogen) atoms. The normalized spacial score (nSPS) is 10.2. The highest BCUT2D eigenvalue weighted by atomic mass is 35.5. The van der Waals surface area contributed by atoms with E-state index in [4.69, 9.17) is 17.3 Å². The van der Waals surface area contributed by atoms with Crippen molar-refractivity contribution in [2.75, 3.05) is 12.8 Å². The lowest BCUT2D eigenvalue weighted by Crippen LogP contribution is -2.18. The molecule has 0 spiro atoms. The van der Waals surface area contributed by atoms with Gasteiger partial charge in [0.25, 0.3) is 5.91 Å². The maximum absolute atomic E-state index is 11.3. The molecule has 0 aliphatic carbocycles. The van der Waals surface area contributed by atoms with E-state index in [0.29, 0.717) is 10.8 Å². The maximum Gasteiger partial charge on any atom is 0.271 e. The topological polar surface area (TPSA) is 98.7 Å². The zero-order valence-corrected chi connectivity index (χ0v) is 9.64. The van der Waals surface area contributed by atoms with Crippen LogP contribution in [0.5, 0.6) is 0 Å². The first kappa shape index (κ1) is 11.3. The van der Waals surface area contributed by atoms with E-state index in [9.17, 15) is 4.79 Å². The van der Waals surface area contributed by atoms with Crippen molar-refractivity contribution >= 4 is 23.5 Å². The monoisotopic (exact) mass is 252 g/mol. The van der Waals surface area contributed by atoms with Gasteiger partial charge in [-0.2, -0.15) is 10.1 Å². The van der Waals surface area contributed by atoms with Crippen LogP contribution in [0.15, 0.2) is 18.5 Å². The Kier molecular flexibility index (Phi) is 2.92. The smallest absolute Gasteiger partial charge is 0.271 e. The number of hydrogen-bond donors (Lipinski definition) is 2. The molecule has 2 aromatic heterocycles. The van der Waals surface area contributed by atoms with Gasteiger partial charge in [-0.15, -0.1) is 0 Å². The second-order valence-corrected chi connectivity index (χ2v) is 3.53. The number of hydrogen-bond acceptors (Lipinski definition) is 5. The van der Waals surface area contributed by atoms with Crippen molar-refractivity contribution in [3.63, 3.8) is 0 Å². The first-order valence-electron chi connectivity index (χ1n) is 4.68. The lowest BCUT2D eigenvalue weighted by atomic mass is 10.4. The number of halogens is 1. The van der Waals surface area contributed by atoms with Crippen LogP contribution < -0.4 is 11.1 Å². The number of nitrogens with one attached hydrogen (secondary N) is 1. The zero-order chi connectivity index (χ0) is 12.4. The fourth-order valence-corrected chi connectivity index (χ4v) is 1.40. The van der Waals surface area contributed by atoms with Crippen molar-refractivity contribution in [1.29, 1.82) is 0 Å². The predicted molar refractivity (Wildman–Crippen MR) is 62.0 cm³/mol. The van der Waals surface area contributed by atoms with Crippen LogP contribution in [0.3, 0.4) is 0 Å². The van der Waals surface area contributed by atoms with Gasteiger partial charge in [0.1, 0.15) is 5.02 Å². The summed E-state index contributed by atoms with van der Waals surface area (Å²) in [7, 11) is 1.52. The molecule has 0 bridgehead atoms. The number of anilines is 1. The quantitative estimate of drug-likeness (QED) is 0.799. The van der Waals surface area contributed by atoms with E-state index in [1.807, 2.05) is 0 Å². The summed E-state index contributed by atoms with van der Waals surface area (Å²) < 4.78 is 1.37. The Balaban J connectivity index is 2.43. The van der Waals surface area contributed by atoms with Crippen LogP contribution >= 0.6 is 11.6 Å². The molecule has 0 saturated carbocycles. The molecule has 0 fully saturated rings. The molecule has 0 unspecified atom stereocenters. The number of rotatable bonds is 2. The Morgan fingerprint density at radius 3 is 3.06 bits per heavy atom. The first-order valence-corrected chi connectivity index (χ1v) is 5.05. The van der Waals surface area contributed by atoms with Crippen molar-refractivity contribution in [1.82, 2.24) is 25.1 Å². The summed E-state index contributed by atoms with van der Waals surface area (Å²) in [6, 6.07) is 1.55. The molecule has 0 radical (unpaired) electrons. The second-order valence-electron chi connectivity index (χ2n) is 3.12. The number of carbonyl (C=O) groups is 1. The van der Waals surface area contributed by atoms with E-state index in [2.05, 4.69) is 20.4 Å². The van der Waals surface area contributed by atoms with Crippen LogP contribution in [-0.4, -0.2) is 32.7 Å². The molecule has 8 heteroatoms. The number of nitrogen functional groups attached to an aromatic ring is 1. The average molecular weight is 253 g/mol. The molecule has 1 amide bonds. The van der Waals surface area contributed by atoms with Gasteiger partial charge in [0.05, 0.1) is 6.20 Å². The van der Waals surface area contributed by atoms with E-state index in [1.54, 1.807) is 12.3 Å². The molecule has 0 atom stereocenters. The third-order valence-corrected chi connectivity index (χ3v) is 2.28.